The molecule has 2 aromatic rings. The second-order valence-corrected chi connectivity index (χ2v) is 10.6. The van der Waals surface area contributed by atoms with E-state index in [0.717, 1.165) is 36.8 Å². The summed E-state index contributed by atoms with van der Waals surface area (Å²) in [5, 5.41) is 0.266. The van der Waals surface area contributed by atoms with Crippen LogP contribution in [0.4, 0.5) is 5.69 Å². The van der Waals surface area contributed by atoms with Crippen LogP contribution in [0.2, 0.25) is 5.02 Å². The van der Waals surface area contributed by atoms with Crippen LogP contribution in [0.3, 0.4) is 0 Å². The lowest BCUT2D eigenvalue weighted by Gasteiger charge is -2.35. The number of carbonyl (C=O) groups is 2. The van der Waals surface area contributed by atoms with E-state index >= 15 is 0 Å². The zero-order valence-electron chi connectivity index (χ0n) is 21.8. The molecule has 0 radical (unpaired) electrons. The number of nitrogens with zero attached hydrogens (tertiary/aromatic N) is 3. The van der Waals surface area contributed by atoms with Crippen molar-refractivity contribution in [3.63, 3.8) is 0 Å². The van der Waals surface area contributed by atoms with Gasteiger partial charge in [-0.25, -0.2) is 0 Å². The molecule has 9 heteroatoms. The summed E-state index contributed by atoms with van der Waals surface area (Å²) in [5.41, 5.74) is 8.23. The summed E-state index contributed by atoms with van der Waals surface area (Å²) < 4.78 is 5.67. The Morgan fingerprint density at radius 1 is 1.05 bits per heavy atom. The summed E-state index contributed by atoms with van der Waals surface area (Å²) in [5.74, 6) is -0.102. The fourth-order valence-corrected chi connectivity index (χ4v) is 4.70. The fourth-order valence-electron chi connectivity index (χ4n) is 4.29. The molecule has 3 rings (SSSR count). The first kappa shape index (κ1) is 29.5. The van der Waals surface area contributed by atoms with Crippen molar-refractivity contribution >= 4 is 41.7 Å². The van der Waals surface area contributed by atoms with Crippen molar-refractivity contribution < 1.29 is 14.3 Å². The van der Waals surface area contributed by atoms with Gasteiger partial charge in [-0.05, 0) is 75.2 Å². The third-order valence-corrected chi connectivity index (χ3v) is 7.20. The summed E-state index contributed by atoms with van der Waals surface area (Å²) in [6.07, 6.45) is 1.53. The van der Waals surface area contributed by atoms with Gasteiger partial charge in [-0.3, -0.25) is 14.5 Å². The number of carbonyl (C=O) groups excluding carboxylic acids is 2. The van der Waals surface area contributed by atoms with Gasteiger partial charge in [0.05, 0.1) is 18.0 Å². The molecule has 2 aromatic carbocycles. The van der Waals surface area contributed by atoms with Gasteiger partial charge in [-0.2, -0.15) is 12.6 Å². The highest BCUT2D eigenvalue weighted by atomic mass is 35.5. The van der Waals surface area contributed by atoms with E-state index in [1.54, 1.807) is 17.0 Å². The Kier molecular flexibility index (Phi) is 11.7. The Balaban J connectivity index is 1.56. The number of hydrogen-bond donors (Lipinski definition) is 2. The number of nitrogens with two attached hydrogens (primary N) is 1. The number of amides is 2. The third-order valence-electron chi connectivity index (χ3n) is 6.47. The number of benzene rings is 2. The van der Waals surface area contributed by atoms with Crippen LogP contribution >= 0.6 is 24.2 Å². The third kappa shape index (κ3) is 9.00. The number of thiol groups is 1. The van der Waals surface area contributed by atoms with Crippen LogP contribution in [0.25, 0.3) is 0 Å². The summed E-state index contributed by atoms with van der Waals surface area (Å²) in [6, 6.07) is 15.2. The van der Waals surface area contributed by atoms with Gasteiger partial charge in [0, 0.05) is 55.5 Å². The topological polar surface area (TPSA) is 79.1 Å². The molecule has 202 valence electrons. The molecule has 0 aromatic heterocycles. The highest BCUT2D eigenvalue weighted by Gasteiger charge is 2.24. The predicted molar refractivity (Wildman–Crippen MR) is 154 cm³/mol. The summed E-state index contributed by atoms with van der Waals surface area (Å²) in [6.45, 7) is 9.16. The Bertz CT molecular complexity index is 995. The van der Waals surface area contributed by atoms with Gasteiger partial charge in [0.25, 0.3) is 5.91 Å². The molecule has 2 amide bonds. The first-order valence-corrected chi connectivity index (χ1v) is 13.8. The number of hydrogen-bond acceptors (Lipinski definition) is 6. The molecule has 37 heavy (non-hydrogen) atoms. The molecule has 0 bridgehead atoms. The number of halogens is 1. The molecule has 1 aliphatic rings. The first-order chi connectivity index (χ1) is 17.8. The lowest BCUT2D eigenvalue weighted by Crippen LogP contribution is -2.49. The van der Waals surface area contributed by atoms with E-state index in [-0.39, 0.29) is 17.9 Å². The second-order valence-electron chi connectivity index (χ2n) is 9.56. The molecule has 0 saturated carbocycles. The van der Waals surface area contributed by atoms with E-state index in [1.807, 2.05) is 43.0 Å². The molecule has 1 aliphatic heterocycles. The van der Waals surface area contributed by atoms with Gasteiger partial charge < -0.3 is 20.3 Å². The lowest BCUT2D eigenvalue weighted by molar-refractivity contribution is -0.118. The monoisotopic (exact) mass is 546 g/mol. The van der Waals surface area contributed by atoms with Gasteiger partial charge >= 0.3 is 0 Å². The molecule has 7 nitrogen and oxygen atoms in total. The highest BCUT2D eigenvalue weighted by molar-refractivity contribution is 7.81. The molecule has 1 heterocycles. The van der Waals surface area contributed by atoms with Crippen LogP contribution in [0.15, 0.2) is 48.5 Å². The minimum absolute atomic E-state index is 0.0140. The maximum absolute atomic E-state index is 13.1. The van der Waals surface area contributed by atoms with Crippen molar-refractivity contribution in [1.29, 1.82) is 0 Å². The molecular weight excluding hydrogens is 508 g/mol. The highest BCUT2D eigenvalue weighted by Crippen LogP contribution is 2.20. The zero-order valence-corrected chi connectivity index (χ0v) is 23.5. The molecular formula is C28H39ClN4O3S. The molecule has 0 aliphatic carbocycles. The van der Waals surface area contributed by atoms with Gasteiger partial charge in [-0.15, -0.1) is 0 Å². The minimum Gasteiger partial charge on any atom is -0.377 e. The standard InChI is InChI=1S/C28H39ClN4O3S/c1-21(2)36-20-19-33(28(35)26(37)11-13-30)25-9-5-23(6-10-25)27(34)32-17-15-31(16-18-32)14-12-22-3-7-24(29)8-4-22/h3-10,21,26,37H,11-20,30H2,1-2H3. The first-order valence-electron chi connectivity index (χ1n) is 13.0. The van der Waals surface area contributed by atoms with Crippen molar-refractivity contribution in [2.75, 3.05) is 57.3 Å². The normalized spacial score (nSPS) is 15.1. The summed E-state index contributed by atoms with van der Waals surface area (Å²) in [7, 11) is 0. The maximum Gasteiger partial charge on any atom is 0.253 e. The van der Waals surface area contributed by atoms with Crippen LogP contribution in [0.5, 0.6) is 0 Å². The quantitative estimate of drug-likeness (QED) is 0.396. The minimum atomic E-state index is -0.485. The van der Waals surface area contributed by atoms with Crippen molar-refractivity contribution in [2.24, 2.45) is 5.73 Å². The molecule has 1 atom stereocenters. The summed E-state index contributed by atoms with van der Waals surface area (Å²) in [4.78, 5) is 32.1. The van der Waals surface area contributed by atoms with Crippen molar-refractivity contribution in [3.8, 4) is 0 Å². The van der Waals surface area contributed by atoms with Gasteiger partial charge in [-0.1, -0.05) is 23.7 Å². The van der Waals surface area contributed by atoms with E-state index in [1.165, 1.54) is 5.56 Å². The maximum atomic E-state index is 13.1. The average molecular weight is 547 g/mol. The van der Waals surface area contributed by atoms with E-state index in [0.29, 0.717) is 44.8 Å². The Morgan fingerprint density at radius 3 is 2.30 bits per heavy atom. The van der Waals surface area contributed by atoms with Gasteiger partial charge in [0.2, 0.25) is 5.91 Å². The van der Waals surface area contributed by atoms with E-state index in [9.17, 15) is 9.59 Å². The van der Waals surface area contributed by atoms with Crippen LogP contribution in [-0.4, -0.2) is 85.4 Å². The Hall–Kier alpha value is -2.10. The largest absolute Gasteiger partial charge is 0.377 e. The van der Waals surface area contributed by atoms with E-state index in [4.69, 9.17) is 22.1 Å². The smallest absolute Gasteiger partial charge is 0.253 e. The van der Waals surface area contributed by atoms with Crippen LogP contribution < -0.4 is 10.6 Å². The molecule has 1 saturated heterocycles. The zero-order chi connectivity index (χ0) is 26.8. The molecule has 1 fully saturated rings. The second kappa shape index (κ2) is 14.7. The van der Waals surface area contributed by atoms with E-state index < -0.39 is 5.25 Å². The SMILES string of the molecule is CC(C)OCCN(C(=O)C(S)CCN)c1ccc(C(=O)N2CCN(CCc3ccc(Cl)cc3)CC2)cc1. The van der Waals surface area contributed by atoms with Crippen LogP contribution in [-0.2, 0) is 16.0 Å². The number of rotatable bonds is 12. The van der Waals surface area contributed by atoms with Crippen molar-refractivity contribution in [1.82, 2.24) is 9.80 Å². The van der Waals surface area contributed by atoms with Crippen LogP contribution in [0.1, 0.15) is 36.2 Å². The van der Waals surface area contributed by atoms with Crippen LogP contribution in [0, 0.1) is 0 Å². The summed E-state index contributed by atoms with van der Waals surface area (Å²) >= 11 is 10.4. The fraction of sp³-hybridized carbons (Fsp3) is 0.500. The lowest BCUT2D eigenvalue weighted by atomic mass is 10.1. The Morgan fingerprint density at radius 2 is 1.70 bits per heavy atom. The number of anilines is 1. The predicted octanol–water partition coefficient (Wildman–Crippen LogP) is 3.75. The van der Waals surface area contributed by atoms with Gasteiger partial charge in [0.15, 0.2) is 0 Å². The number of ether oxygens (including phenoxy) is 1. The Labute approximate surface area is 231 Å². The molecule has 1 unspecified atom stereocenters. The van der Waals surface area contributed by atoms with Crippen molar-refractivity contribution in [3.05, 3.63) is 64.7 Å². The average Bonchev–Trinajstić information content (AvgIpc) is 2.90. The number of piperazine rings is 1. The van der Waals surface area contributed by atoms with Gasteiger partial charge in [0.1, 0.15) is 0 Å². The van der Waals surface area contributed by atoms with E-state index in [2.05, 4.69) is 29.7 Å². The molecule has 2 N–H and O–H groups in total. The van der Waals surface area contributed by atoms with Crippen molar-refractivity contribution in [2.45, 2.75) is 38.0 Å². The molecule has 0 spiro atoms.